The van der Waals surface area contributed by atoms with Crippen LogP contribution in [0.4, 0.5) is 0 Å². The molecular weight excluding hydrogens is 366 g/mol. The topological polar surface area (TPSA) is 82.8 Å². The van der Waals surface area contributed by atoms with Gasteiger partial charge in [-0.05, 0) is 24.0 Å². The zero-order valence-corrected chi connectivity index (χ0v) is 17.6. The Labute approximate surface area is 172 Å². The van der Waals surface area contributed by atoms with Crippen LogP contribution in [0, 0.1) is 0 Å². The summed E-state index contributed by atoms with van der Waals surface area (Å²) in [5.41, 5.74) is 4.45. The van der Waals surface area contributed by atoms with E-state index in [-0.39, 0.29) is 5.91 Å². The number of hydrogen-bond donors (Lipinski definition) is 2. The molecule has 29 heavy (non-hydrogen) atoms. The summed E-state index contributed by atoms with van der Waals surface area (Å²) < 4.78 is 5.44. The van der Waals surface area contributed by atoms with Gasteiger partial charge in [0.25, 0.3) is 0 Å². The number of hydrogen-bond acceptors (Lipinski definition) is 4. The lowest BCUT2D eigenvalue weighted by atomic mass is 10.1. The minimum absolute atomic E-state index is 0.248. The molecule has 0 atom stereocenters. The van der Waals surface area contributed by atoms with Crippen LogP contribution >= 0.6 is 0 Å². The maximum atomic E-state index is 12.0. The van der Waals surface area contributed by atoms with Crippen molar-refractivity contribution in [2.75, 3.05) is 13.6 Å². The van der Waals surface area contributed by atoms with Crippen LogP contribution in [-0.2, 0) is 37.3 Å². The molecule has 1 aromatic carbocycles. The summed E-state index contributed by atoms with van der Waals surface area (Å²) in [4.78, 5) is 18.3. The fourth-order valence-corrected chi connectivity index (χ4v) is 3.67. The van der Waals surface area contributed by atoms with Crippen LogP contribution in [0.2, 0.25) is 0 Å². The molecule has 1 fully saturated rings. The average Bonchev–Trinajstić information content (AvgIpc) is 3.34. The van der Waals surface area contributed by atoms with Gasteiger partial charge in [0.05, 0.1) is 5.69 Å². The van der Waals surface area contributed by atoms with E-state index in [0.717, 1.165) is 48.8 Å². The van der Waals surface area contributed by atoms with E-state index in [1.165, 1.54) is 11.1 Å². The Balaban J connectivity index is 1.60. The molecule has 156 valence electrons. The lowest BCUT2D eigenvalue weighted by Gasteiger charge is -2.19. The van der Waals surface area contributed by atoms with Gasteiger partial charge in [0, 0.05) is 51.6 Å². The van der Waals surface area contributed by atoms with E-state index in [1.54, 1.807) is 7.05 Å². The first-order valence-electron chi connectivity index (χ1n) is 10.4. The maximum Gasteiger partial charge on any atom is 0.222 e. The minimum Gasteiger partial charge on any atom is -0.361 e. The molecule has 0 bridgehead atoms. The number of aromatic nitrogens is 1. The Morgan fingerprint density at radius 3 is 2.59 bits per heavy atom. The number of carbonyl (C=O) groups is 1. The van der Waals surface area contributed by atoms with Gasteiger partial charge in [0.1, 0.15) is 5.76 Å². The highest BCUT2D eigenvalue weighted by Gasteiger charge is 2.21. The zero-order chi connectivity index (χ0) is 20.6. The number of nitrogens with zero attached hydrogens (tertiary/aromatic N) is 3. The number of aryl methyl sites for hydroxylation is 2. The largest absolute Gasteiger partial charge is 0.361 e. The molecule has 7 nitrogen and oxygen atoms in total. The van der Waals surface area contributed by atoms with E-state index in [0.29, 0.717) is 26.1 Å². The smallest absolute Gasteiger partial charge is 0.222 e. The molecule has 1 aliphatic heterocycles. The molecule has 0 unspecified atom stereocenters. The second-order valence-electron chi connectivity index (χ2n) is 7.20. The van der Waals surface area contributed by atoms with Crippen LogP contribution in [-0.4, -0.2) is 35.5 Å². The van der Waals surface area contributed by atoms with Crippen molar-refractivity contribution in [1.82, 2.24) is 20.7 Å². The highest BCUT2D eigenvalue weighted by atomic mass is 16.5. The van der Waals surface area contributed by atoms with Crippen molar-refractivity contribution >= 4 is 11.9 Å². The van der Waals surface area contributed by atoms with Gasteiger partial charge in [-0.25, -0.2) is 0 Å². The first-order valence-corrected chi connectivity index (χ1v) is 10.4. The maximum absolute atomic E-state index is 12.0. The summed E-state index contributed by atoms with van der Waals surface area (Å²) in [7, 11) is 1.76. The Bertz CT molecular complexity index is 837. The van der Waals surface area contributed by atoms with Crippen LogP contribution in [0.25, 0.3) is 0 Å². The van der Waals surface area contributed by atoms with Crippen LogP contribution < -0.4 is 10.6 Å². The monoisotopic (exact) mass is 397 g/mol. The van der Waals surface area contributed by atoms with Crippen molar-refractivity contribution in [1.29, 1.82) is 0 Å². The SMILES string of the molecule is CCc1noc(CC)c1CNC(=NC)NCc1ccccc1CN1CCCC1=O. The number of aliphatic imine (C=N–C) groups is 1. The van der Waals surface area contributed by atoms with Crippen LogP contribution in [0.1, 0.15) is 54.8 Å². The zero-order valence-electron chi connectivity index (χ0n) is 17.6. The average molecular weight is 398 g/mol. The fourth-order valence-electron chi connectivity index (χ4n) is 3.67. The Morgan fingerprint density at radius 1 is 1.17 bits per heavy atom. The quantitative estimate of drug-likeness (QED) is 0.529. The van der Waals surface area contributed by atoms with Gasteiger partial charge in [-0.1, -0.05) is 43.3 Å². The lowest BCUT2D eigenvalue weighted by molar-refractivity contribution is -0.128. The van der Waals surface area contributed by atoms with Gasteiger partial charge in [0.2, 0.25) is 5.91 Å². The molecule has 2 N–H and O–H groups in total. The van der Waals surface area contributed by atoms with E-state index in [1.807, 2.05) is 17.0 Å². The standard InChI is InChI=1S/C22H31N5O2/c1-4-19-18(20(5-2)29-26-19)14-25-22(23-3)24-13-16-9-6-7-10-17(16)15-27-12-8-11-21(27)28/h6-7,9-10H,4-5,8,11-15H2,1-3H3,(H2,23,24,25). The molecule has 1 aromatic heterocycles. The Hall–Kier alpha value is -2.83. The summed E-state index contributed by atoms with van der Waals surface area (Å²) >= 11 is 0. The molecular formula is C22H31N5O2. The van der Waals surface area contributed by atoms with Gasteiger partial charge >= 0.3 is 0 Å². The van der Waals surface area contributed by atoms with Crippen molar-refractivity contribution in [3.8, 4) is 0 Å². The number of benzene rings is 1. The highest BCUT2D eigenvalue weighted by molar-refractivity contribution is 5.80. The number of guanidine groups is 1. The normalized spacial score (nSPS) is 14.5. The fraction of sp³-hybridized carbons (Fsp3) is 0.500. The first-order chi connectivity index (χ1) is 14.2. The van der Waals surface area contributed by atoms with Crippen molar-refractivity contribution in [3.05, 3.63) is 52.4 Å². The second kappa shape index (κ2) is 10.1. The van der Waals surface area contributed by atoms with Crippen molar-refractivity contribution < 1.29 is 9.32 Å². The van der Waals surface area contributed by atoms with Gasteiger partial charge in [-0.15, -0.1) is 0 Å². The molecule has 0 aliphatic carbocycles. The number of carbonyl (C=O) groups excluding carboxylic acids is 1. The Kier molecular flexibility index (Phi) is 7.27. The first kappa shape index (κ1) is 20.9. The summed E-state index contributed by atoms with van der Waals surface area (Å²) in [6.07, 6.45) is 3.28. The third-order valence-corrected chi connectivity index (χ3v) is 5.36. The third-order valence-electron chi connectivity index (χ3n) is 5.36. The predicted molar refractivity (Wildman–Crippen MR) is 113 cm³/mol. The molecule has 3 rings (SSSR count). The van der Waals surface area contributed by atoms with Crippen molar-refractivity contribution in [2.24, 2.45) is 4.99 Å². The molecule has 2 aromatic rings. The van der Waals surface area contributed by atoms with Gasteiger partial charge in [-0.2, -0.15) is 0 Å². The summed E-state index contributed by atoms with van der Waals surface area (Å²) in [5, 5.41) is 10.9. The van der Waals surface area contributed by atoms with E-state index in [9.17, 15) is 4.79 Å². The van der Waals surface area contributed by atoms with E-state index in [2.05, 4.69) is 46.8 Å². The number of amides is 1. The molecule has 1 saturated heterocycles. The Morgan fingerprint density at radius 2 is 1.93 bits per heavy atom. The molecule has 7 heteroatoms. The molecule has 0 radical (unpaired) electrons. The van der Waals surface area contributed by atoms with Gasteiger partial charge in [-0.3, -0.25) is 9.79 Å². The molecule has 1 amide bonds. The number of nitrogens with one attached hydrogen (secondary N) is 2. The van der Waals surface area contributed by atoms with Gasteiger partial charge in [0.15, 0.2) is 5.96 Å². The summed E-state index contributed by atoms with van der Waals surface area (Å²) in [5.74, 6) is 1.89. The number of rotatable bonds is 8. The van der Waals surface area contributed by atoms with Crippen LogP contribution in [0.3, 0.4) is 0 Å². The summed E-state index contributed by atoms with van der Waals surface area (Å²) in [6, 6.07) is 8.25. The van der Waals surface area contributed by atoms with E-state index < -0.39 is 0 Å². The van der Waals surface area contributed by atoms with E-state index in [4.69, 9.17) is 4.52 Å². The van der Waals surface area contributed by atoms with Crippen molar-refractivity contribution in [3.63, 3.8) is 0 Å². The van der Waals surface area contributed by atoms with E-state index >= 15 is 0 Å². The predicted octanol–water partition coefficient (Wildman–Crippen LogP) is 2.79. The molecule has 1 aliphatic rings. The second-order valence-corrected chi connectivity index (χ2v) is 7.20. The molecule has 2 heterocycles. The number of likely N-dealkylation sites (tertiary alicyclic amines) is 1. The van der Waals surface area contributed by atoms with Crippen LogP contribution in [0.5, 0.6) is 0 Å². The van der Waals surface area contributed by atoms with Crippen molar-refractivity contribution in [2.45, 2.75) is 59.2 Å². The highest BCUT2D eigenvalue weighted by Crippen LogP contribution is 2.18. The third kappa shape index (κ3) is 5.16. The lowest BCUT2D eigenvalue weighted by Crippen LogP contribution is -2.37. The summed E-state index contributed by atoms with van der Waals surface area (Å²) in [6.45, 7) is 6.93. The molecule has 0 saturated carbocycles. The van der Waals surface area contributed by atoms with Crippen LogP contribution in [0.15, 0.2) is 33.8 Å². The minimum atomic E-state index is 0.248. The molecule has 0 spiro atoms. The van der Waals surface area contributed by atoms with Gasteiger partial charge < -0.3 is 20.1 Å².